The van der Waals surface area contributed by atoms with Crippen molar-refractivity contribution in [1.29, 1.82) is 0 Å². The first-order valence-corrected chi connectivity index (χ1v) is 7.49. The van der Waals surface area contributed by atoms with Crippen LogP contribution in [0.5, 0.6) is 0 Å². The van der Waals surface area contributed by atoms with Gasteiger partial charge in [0.2, 0.25) is 0 Å². The summed E-state index contributed by atoms with van der Waals surface area (Å²) in [6.45, 7) is 4.18. The van der Waals surface area contributed by atoms with Gasteiger partial charge in [0.1, 0.15) is 6.61 Å². The average molecular weight is 258 g/mol. The lowest BCUT2D eigenvalue weighted by Gasteiger charge is -2.10. The Morgan fingerprint density at radius 1 is 1.06 bits per heavy atom. The normalized spacial score (nSPS) is 12.4. The molecule has 0 fully saturated rings. The molecule has 1 unspecified atom stereocenters. The molecule has 0 saturated carbocycles. The van der Waals surface area contributed by atoms with E-state index in [9.17, 15) is 4.79 Å². The van der Waals surface area contributed by atoms with Crippen molar-refractivity contribution < 1.29 is 14.6 Å². The highest BCUT2D eigenvalue weighted by atomic mass is 16.5. The fourth-order valence-corrected chi connectivity index (χ4v) is 1.99. The topological polar surface area (TPSA) is 46.5 Å². The largest absolute Gasteiger partial charge is 0.463 e. The number of aliphatic hydroxyl groups excluding tert-OH is 1. The molecular formula is C15H30O3. The van der Waals surface area contributed by atoms with E-state index >= 15 is 0 Å². The Balaban J connectivity index is 3.29. The molecule has 3 nitrogen and oxygen atoms in total. The number of carbonyl (C=O) groups is 1. The van der Waals surface area contributed by atoms with E-state index in [-0.39, 0.29) is 25.1 Å². The molecule has 3 heteroatoms. The lowest BCUT2D eigenvalue weighted by molar-refractivity contribution is -0.149. The molecule has 1 atom stereocenters. The number of carbonyl (C=O) groups excluding carboxylic acids is 1. The van der Waals surface area contributed by atoms with Crippen LogP contribution >= 0.6 is 0 Å². The molecule has 0 aromatic rings. The SMILES string of the molecule is CCCCCCCCCCC(C)C(=O)OCCO. The Kier molecular flexibility index (Phi) is 12.5. The van der Waals surface area contributed by atoms with Gasteiger partial charge in [-0.15, -0.1) is 0 Å². The number of esters is 1. The van der Waals surface area contributed by atoms with E-state index in [1.807, 2.05) is 6.92 Å². The predicted octanol–water partition coefficient (Wildman–Crippen LogP) is 3.69. The standard InChI is InChI=1S/C15H30O3/c1-3-4-5-6-7-8-9-10-11-14(2)15(17)18-13-12-16/h14,16H,3-13H2,1-2H3. The lowest BCUT2D eigenvalue weighted by atomic mass is 10.0. The molecule has 0 amide bonds. The molecule has 0 aliphatic rings. The molecule has 18 heavy (non-hydrogen) atoms. The molecule has 0 aliphatic carbocycles. The van der Waals surface area contributed by atoms with Gasteiger partial charge in [-0.3, -0.25) is 4.79 Å². The fourth-order valence-electron chi connectivity index (χ4n) is 1.99. The number of aliphatic hydroxyl groups is 1. The van der Waals surface area contributed by atoms with Crippen molar-refractivity contribution in [2.45, 2.75) is 71.6 Å². The van der Waals surface area contributed by atoms with Crippen molar-refractivity contribution in [2.75, 3.05) is 13.2 Å². The number of rotatable bonds is 12. The predicted molar refractivity (Wildman–Crippen MR) is 74.4 cm³/mol. The minimum atomic E-state index is -0.174. The van der Waals surface area contributed by atoms with Gasteiger partial charge in [0.15, 0.2) is 0 Å². The summed E-state index contributed by atoms with van der Waals surface area (Å²) in [7, 11) is 0. The molecule has 0 aliphatic heterocycles. The van der Waals surface area contributed by atoms with Crippen LogP contribution in [0.3, 0.4) is 0 Å². The molecule has 108 valence electrons. The van der Waals surface area contributed by atoms with Gasteiger partial charge in [-0.1, -0.05) is 65.2 Å². The van der Waals surface area contributed by atoms with Crippen LogP contribution in [0.2, 0.25) is 0 Å². The maximum Gasteiger partial charge on any atom is 0.308 e. The molecule has 1 N–H and O–H groups in total. The van der Waals surface area contributed by atoms with E-state index in [1.54, 1.807) is 0 Å². The highest BCUT2D eigenvalue weighted by Crippen LogP contribution is 2.14. The first kappa shape index (κ1) is 17.4. The summed E-state index contributed by atoms with van der Waals surface area (Å²) in [6, 6.07) is 0. The van der Waals surface area contributed by atoms with E-state index in [1.165, 1.54) is 44.9 Å². The second-order valence-electron chi connectivity index (χ2n) is 5.06. The number of hydrogen-bond donors (Lipinski definition) is 1. The van der Waals surface area contributed by atoms with Crippen molar-refractivity contribution in [3.8, 4) is 0 Å². The third-order valence-electron chi connectivity index (χ3n) is 3.23. The molecule has 0 radical (unpaired) electrons. The van der Waals surface area contributed by atoms with E-state index in [4.69, 9.17) is 9.84 Å². The smallest absolute Gasteiger partial charge is 0.308 e. The van der Waals surface area contributed by atoms with E-state index in [0.717, 1.165) is 12.8 Å². The van der Waals surface area contributed by atoms with Crippen LogP contribution in [0.1, 0.15) is 71.6 Å². The zero-order valence-electron chi connectivity index (χ0n) is 12.1. The summed E-state index contributed by atoms with van der Waals surface area (Å²) >= 11 is 0. The maximum atomic E-state index is 11.4. The monoisotopic (exact) mass is 258 g/mol. The van der Waals surface area contributed by atoms with Crippen molar-refractivity contribution in [1.82, 2.24) is 0 Å². The highest BCUT2D eigenvalue weighted by molar-refractivity contribution is 5.71. The van der Waals surface area contributed by atoms with Crippen LogP contribution in [0.25, 0.3) is 0 Å². The summed E-state index contributed by atoms with van der Waals surface area (Å²) in [5, 5.41) is 8.55. The molecule has 0 bridgehead atoms. The van der Waals surface area contributed by atoms with E-state index < -0.39 is 0 Å². The van der Waals surface area contributed by atoms with Gasteiger partial charge in [-0.25, -0.2) is 0 Å². The van der Waals surface area contributed by atoms with Gasteiger partial charge in [-0.05, 0) is 6.42 Å². The van der Waals surface area contributed by atoms with Crippen LogP contribution in [0.15, 0.2) is 0 Å². The summed E-state index contributed by atoms with van der Waals surface area (Å²) in [5.41, 5.74) is 0. The van der Waals surface area contributed by atoms with Gasteiger partial charge in [0.05, 0.1) is 12.5 Å². The Morgan fingerprint density at radius 3 is 2.17 bits per heavy atom. The Hall–Kier alpha value is -0.570. The summed E-state index contributed by atoms with van der Waals surface area (Å²) in [5.74, 6) is -0.205. The van der Waals surface area contributed by atoms with Crippen LogP contribution in [0.4, 0.5) is 0 Å². The number of unbranched alkanes of at least 4 members (excludes halogenated alkanes) is 7. The quantitative estimate of drug-likeness (QED) is 0.429. The van der Waals surface area contributed by atoms with Gasteiger partial charge in [0, 0.05) is 0 Å². The van der Waals surface area contributed by atoms with Crippen molar-refractivity contribution >= 4 is 5.97 Å². The Morgan fingerprint density at radius 2 is 1.61 bits per heavy atom. The number of hydrogen-bond acceptors (Lipinski definition) is 3. The van der Waals surface area contributed by atoms with Gasteiger partial charge >= 0.3 is 5.97 Å². The first-order chi connectivity index (χ1) is 8.72. The molecule has 0 rings (SSSR count). The summed E-state index contributed by atoms with van der Waals surface area (Å²) in [6.07, 6.45) is 11.2. The van der Waals surface area contributed by atoms with Crippen molar-refractivity contribution in [2.24, 2.45) is 5.92 Å². The van der Waals surface area contributed by atoms with Crippen LogP contribution in [0, 0.1) is 5.92 Å². The Bertz CT molecular complexity index is 192. The fraction of sp³-hybridized carbons (Fsp3) is 0.933. The molecule has 0 saturated heterocycles. The third kappa shape index (κ3) is 10.6. The third-order valence-corrected chi connectivity index (χ3v) is 3.23. The molecule has 0 aromatic heterocycles. The molecule has 0 aromatic carbocycles. The lowest BCUT2D eigenvalue weighted by Crippen LogP contribution is -2.16. The Labute approximate surface area is 112 Å². The van der Waals surface area contributed by atoms with Crippen LogP contribution in [-0.4, -0.2) is 24.3 Å². The average Bonchev–Trinajstić information content (AvgIpc) is 2.38. The highest BCUT2D eigenvalue weighted by Gasteiger charge is 2.13. The molecule has 0 spiro atoms. The van der Waals surface area contributed by atoms with E-state index in [0.29, 0.717) is 0 Å². The second kappa shape index (κ2) is 12.9. The zero-order valence-corrected chi connectivity index (χ0v) is 12.1. The first-order valence-electron chi connectivity index (χ1n) is 7.49. The zero-order chi connectivity index (χ0) is 13.6. The van der Waals surface area contributed by atoms with Crippen LogP contribution < -0.4 is 0 Å². The minimum Gasteiger partial charge on any atom is -0.463 e. The summed E-state index contributed by atoms with van der Waals surface area (Å²) in [4.78, 5) is 11.4. The minimum absolute atomic E-state index is 0.0309. The van der Waals surface area contributed by atoms with Crippen molar-refractivity contribution in [3.63, 3.8) is 0 Å². The van der Waals surface area contributed by atoms with E-state index in [2.05, 4.69) is 6.92 Å². The second-order valence-corrected chi connectivity index (χ2v) is 5.06. The van der Waals surface area contributed by atoms with Crippen LogP contribution in [-0.2, 0) is 9.53 Å². The summed E-state index contributed by atoms with van der Waals surface area (Å²) < 4.78 is 4.89. The van der Waals surface area contributed by atoms with Crippen molar-refractivity contribution in [3.05, 3.63) is 0 Å². The van der Waals surface area contributed by atoms with Gasteiger partial charge < -0.3 is 9.84 Å². The number of ether oxygens (including phenoxy) is 1. The van der Waals surface area contributed by atoms with Gasteiger partial charge in [0.25, 0.3) is 0 Å². The van der Waals surface area contributed by atoms with Gasteiger partial charge in [-0.2, -0.15) is 0 Å². The molecule has 0 heterocycles. The maximum absolute atomic E-state index is 11.4. The molecular weight excluding hydrogens is 228 g/mol.